The standard InChI is InChI=1S/C15H22O2S/c1-10-9-15(11(2)8-14(10)17-3)18-13-6-4-12(16)5-7-13/h8-9,12-13,16H,4-7H2,1-3H3. The third kappa shape index (κ3) is 3.21. The molecule has 1 aliphatic carbocycles. The van der Waals surface area contributed by atoms with E-state index in [1.54, 1.807) is 7.11 Å². The number of benzene rings is 1. The van der Waals surface area contributed by atoms with Crippen molar-refractivity contribution in [3.8, 4) is 5.75 Å². The second-order valence-electron chi connectivity index (χ2n) is 5.14. The van der Waals surface area contributed by atoms with Crippen molar-refractivity contribution in [3.05, 3.63) is 23.3 Å². The summed E-state index contributed by atoms with van der Waals surface area (Å²) in [7, 11) is 1.72. The van der Waals surface area contributed by atoms with Gasteiger partial charge in [0.05, 0.1) is 13.2 Å². The third-order valence-corrected chi connectivity index (χ3v) is 5.13. The fourth-order valence-electron chi connectivity index (χ4n) is 2.45. The molecule has 1 aromatic carbocycles. The zero-order chi connectivity index (χ0) is 13.1. The minimum Gasteiger partial charge on any atom is -0.496 e. The number of hydrogen-bond donors (Lipinski definition) is 1. The minimum absolute atomic E-state index is 0.0689. The van der Waals surface area contributed by atoms with Crippen LogP contribution in [-0.4, -0.2) is 23.6 Å². The van der Waals surface area contributed by atoms with Gasteiger partial charge in [-0.1, -0.05) is 0 Å². The van der Waals surface area contributed by atoms with Gasteiger partial charge < -0.3 is 9.84 Å². The van der Waals surface area contributed by atoms with Crippen LogP contribution in [0, 0.1) is 13.8 Å². The normalized spacial score (nSPS) is 24.0. The molecule has 2 nitrogen and oxygen atoms in total. The van der Waals surface area contributed by atoms with Gasteiger partial charge in [-0.25, -0.2) is 0 Å². The van der Waals surface area contributed by atoms with Crippen LogP contribution >= 0.6 is 11.8 Å². The van der Waals surface area contributed by atoms with Gasteiger partial charge in [0.1, 0.15) is 5.75 Å². The van der Waals surface area contributed by atoms with E-state index in [1.807, 2.05) is 11.8 Å². The molecule has 100 valence electrons. The van der Waals surface area contributed by atoms with E-state index in [2.05, 4.69) is 26.0 Å². The molecule has 18 heavy (non-hydrogen) atoms. The van der Waals surface area contributed by atoms with Crippen molar-refractivity contribution in [2.24, 2.45) is 0 Å². The van der Waals surface area contributed by atoms with Crippen LogP contribution in [0.25, 0.3) is 0 Å². The fourth-order valence-corrected chi connectivity index (χ4v) is 3.81. The second kappa shape index (κ2) is 5.98. The van der Waals surface area contributed by atoms with Crippen molar-refractivity contribution in [2.75, 3.05) is 7.11 Å². The van der Waals surface area contributed by atoms with Gasteiger partial charge in [0.15, 0.2) is 0 Å². The van der Waals surface area contributed by atoms with E-state index in [-0.39, 0.29) is 6.10 Å². The van der Waals surface area contributed by atoms with Gasteiger partial charge in [0.25, 0.3) is 0 Å². The maximum atomic E-state index is 9.53. The highest BCUT2D eigenvalue weighted by Gasteiger charge is 2.21. The smallest absolute Gasteiger partial charge is 0.122 e. The van der Waals surface area contributed by atoms with E-state index in [0.29, 0.717) is 5.25 Å². The summed E-state index contributed by atoms with van der Waals surface area (Å²) in [5.74, 6) is 0.968. The molecule has 1 aromatic rings. The van der Waals surface area contributed by atoms with Crippen LogP contribution in [0.4, 0.5) is 0 Å². The summed E-state index contributed by atoms with van der Waals surface area (Å²) in [5.41, 5.74) is 2.48. The number of rotatable bonds is 3. The minimum atomic E-state index is -0.0689. The van der Waals surface area contributed by atoms with Crippen molar-refractivity contribution >= 4 is 11.8 Å². The van der Waals surface area contributed by atoms with Crippen LogP contribution in [0.5, 0.6) is 5.75 Å². The first-order chi connectivity index (χ1) is 8.60. The highest BCUT2D eigenvalue weighted by molar-refractivity contribution is 8.00. The van der Waals surface area contributed by atoms with E-state index in [9.17, 15) is 5.11 Å². The van der Waals surface area contributed by atoms with Gasteiger partial charge >= 0.3 is 0 Å². The molecule has 2 rings (SSSR count). The molecule has 0 saturated heterocycles. The van der Waals surface area contributed by atoms with Gasteiger partial charge in [0.2, 0.25) is 0 Å². The number of hydrogen-bond acceptors (Lipinski definition) is 3. The second-order valence-corrected chi connectivity index (χ2v) is 6.48. The zero-order valence-corrected chi connectivity index (χ0v) is 12.2. The molecule has 0 aromatic heterocycles. The Morgan fingerprint density at radius 3 is 2.39 bits per heavy atom. The van der Waals surface area contributed by atoms with Gasteiger partial charge in [-0.2, -0.15) is 0 Å². The maximum absolute atomic E-state index is 9.53. The quantitative estimate of drug-likeness (QED) is 0.904. The lowest BCUT2D eigenvalue weighted by molar-refractivity contribution is 0.132. The Bertz CT molecular complexity index is 409. The number of ether oxygens (including phenoxy) is 1. The molecule has 0 bridgehead atoms. The van der Waals surface area contributed by atoms with E-state index in [0.717, 1.165) is 31.4 Å². The fraction of sp³-hybridized carbons (Fsp3) is 0.600. The van der Waals surface area contributed by atoms with E-state index in [1.165, 1.54) is 16.0 Å². The summed E-state index contributed by atoms with van der Waals surface area (Å²) in [6.45, 7) is 4.23. The Morgan fingerprint density at radius 1 is 1.11 bits per heavy atom. The summed E-state index contributed by atoms with van der Waals surface area (Å²) in [6.07, 6.45) is 4.07. The lowest BCUT2D eigenvalue weighted by atomic mass is 9.97. The highest BCUT2D eigenvalue weighted by atomic mass is 32.2. The number of thioether (sulfide) groups is 1. The van der Waals surface area contributed by atoms with Crippen LogP contribution < -0.4 is 4.74 Å². The molecule has 0 spiro atoms. The number of aryl methyl sites for hydroxylation is 2. The summed E-state index contributed by atoms with van der Waals surface area (Å²) in [6, 6.07) is 4.35. The van der Waals surface area contributed by atoms with Crippen molar-refractivity contribution < 1.29 is 9.84 Å². The molecule has 0 amide bonds. The first kappa shape index (κ1) is 13.8. The molecule has 1 fully saturated rings. The predicted octanol–water partition coefficient (Wildman–Crippen LogP) is 3.71. The molecule has 0 radical (unpaired) electrons. The number of methoxy groups -OCH3 is 1. The van der Waals surface area contributed by atoms with Gasteiger partial charge in [-0.15, -0.1) is 11.8 Å². The average molecular weight is 266 g/mol. The van der Waals surface area contributed by atoms with Gasteiger partial charge in [-0.3, -0.25) is 0 Å². The Labute approximate surface area is 114 Å². The third-order valence-electron chi connectivity index (χ3n) is 3.63. The van der Waals surface area contributed by atoms with Crippen LogP contribution in [0.1, 0.15) is 36.8 Å². The maximum Gasteiger partial charge on any atom is 0.122 e. The molecule has 1 aliphatic rings. The first-order valence-corrected chi connectivity index (χ1v) is 7.48. The van der Waals surface area contributed by atoms with E-state index in [4.69, 9.17) is 4.74 Å². The SMILES string of the molecule is COc1cc(C)c(SC2CCC(O)CC2)cc1C. The van der Waals surface area contributed by atoms with Crippen LogP contribution in [0.15, 0.2) is 17.0 Å². The van der Waals surface area contributed by atoms with Crippen LogP contribution in [0.3, 0.4) is 0 Å². The lowest BCUT2D eigenvalue weighted by Gasteiger charge is -2.25. The Kier molecular flexibility index (Phi) is 4.57. The topological polar surface area (TPSA) is 29.5 Å². The molecule has 3 heteroatoms. The monoisotopic (exact) mass is 266 g/mol. The summed E-state index contributed by atoms with van der Waals surface area (Å²) < 4.78 is 5.34. The number of aliphatic hydroxyl groups is 1. The molecule has 0 heterocycles. The Morgan fingerprint density at radius 2 is 1.78 bits per heavy atom. The largest absolute Gasteiger partial charge is 0.496 e. The van der Waals surface area contributed by atoms with Gasteiger partial charge in [0, 0.05) is 10.1 Å². The van der Waals surface area contributed by atoms with Gasteiger partial charge in [-0.05, 0) is 62.8 Å². The van der Waals surface area contributed by atoms with Crippen molar-refractivity contribution in [3.63, 3.8) is 0 Å². The number of aliphatic hydroxyl groups excluding tert-OH is 1. The van der Waals surface area contributed by atoms with Crippen LogP contribution in [0.2, 0.25) is 0 Å². The van der Waals surface area contributed by atoms with Crippen molar-refractivity contribution in [1.82, 2.24) is 0 Å². The van der Waals surface area contributed by atoms with Crippen LogP contribution in [-0.2, 0) is 0 Å². The van der Waals surface area contributed by atoms with Crippen molar-refractivity contribution in [2.45, 2.75) is 55.8 Å². The Balaban J connectivity index is 2.07. The molecule has 1 saturated carbocycles. The lowest BCUT2D eigenvalue weighted by Crippen LogP contribution is -2.19. The van der Waals surface area contributed by atoms with Crippen molar-refractivity contribution in [1.29, 1.82) is 0 Å². The van der Waals surface area contributed by atoms with E-state index < -0.39 is 0 Å². The highest BCUT2D eigenvalue weighted by Crippen LogP contribution is 2.37. The predicted molar refractivity (Wildman–Crippen MR) is 76.6 cm³/mol. The summed E-state index contributed by atoms with van der Waals surface area (Å²) in [5, 5.41) is 10.2. The average Bonchev–Trinajstić information content (AvgIpc) is 2.36. The summed E-state index contributed by atoms with van der Waals surface area (Å²) in [4.78, 5) is 1.36. The zero-order valence-electron chi connectivity index (χ0n) is 11.4. The Hall–Kier alpha value is -0.670. The molecule has 1 N–H and O–H groups in total. The van der Waals surface area contributed by atoms with E-state index >= 15 is 0 Å². The molecule has 0 atom stereocenters. The molecule has 0 aliphatic heterocycles. The molecular weight excluding hydrogens is 244 g/mol. The molecular formula is C15H22O2S. The first-order valence-electron chi connectivity index (χ1n) is 6.60. The summed E-state index contributed by atoms with van der Waals surface area (Å²) >= 11 is 1.96. The molecule has 0 unspecified atom stereocenters.